The summed E-state index contributed by atoms with van der Waals surface area (Å²) in [6.45, 7) is 2.61. The van der Waals surface area contributed by atoms with Gasteiger partial charge < -0.3 is 9.72 Å². The van der Waals surface area contributed by atoms with Gasteiger partial charge in [0.05, 0.1) is 29.8 Å². The van der Waals surface area contributed by atoms with Gasteiger partial charge in [-0.2, -0.15) is 0 Å². The first-order valence-corrected chi connectivity index (χ1v) is 10.8. The standard InChI is InChI=1S/C22H20ClN3O3S/c1-13-20(15-5-3-4-6-17(15)24-13)19(27)12-30-22-25-18-11-14(23)7-8-16(18)21(28)26(22)9-10-29-2/h3-8,11,24H,9-10,12H2,1-2H3. The third-order valence-corrected chi connectivity index (χ3v) is 6.12. The van der Waals surface area contributed by atoms with E-state index in [1.165, 1.54) is 11.8 Å². The van der Waals surface area contributed by atoms with Crippen LogP contribution < -0.4 is 5.56 Å². The average Bonchev–Trinajstić information content (AvgIpc) is 3.07. The van der Waals surface area contributed by atoms with Crippen LogP contribution in [-0.4, -0.2) is 39.8 Å². The molecule has 2 aromatic heterocycles. The smallest absolute Gasteiger partial charge is 0.262 e. The number of nitrogens with zero attached hydrogens (tertiary/aromatic N) is 2. The van der Waals surface area contributed by atoms with E-state index in [4.69, 9.17) is 16.3 Å². The highest BCUT2D eigenvalue weighted by Gasteiger charge is 2.18. The van der Waals surface area contributed by atoms with E-state index in [1.807, 2.05) is 31.2 Å². The molecule has 0 unspecified atom stereocenters. The van der Waals surface area contributed by atoms with Crippen molar-refractivity contribution in [3.05, 3.63) is 69.1 Å². The molecule has 0 spiro atoms. The van der Waals surface area contributed by atoms with Gasteiger partial charge in [0.25, 0.3) is 5.56 Å². The molecule has 0 bridgehead atoms. The highest BCUT2D eigenvalue weighted by Crippen LogP contribution is 2.26. The number of thioether (sulfide) groups is 1. The molecule has 1 N–H and O–H groups in total. The van der Waals surface area contributed by atoms with Crippen molar-refractivity contribution in [1.82, 2.24) is 14.5 Å². The number of carbonyl (C=O) groups is 1. The SMILES string of the molecule is COCCn1c(SCC(=O)c2c(C)[nH]c3ccccc23)nc2cc(Cl)ccc2c1=O. The maximum absolute atomic E-state index is 13.0. The summed E-state index contributed by atoms with van der Waals surface area (Å²) in [6, 6.07) is 12.7. The molecule has 0 fully saturated rings. The Bertz CT molecular complexity index is 1310. The number of nitrogens with one attached hydrogen (secondary N) is 1. The van der Waals surface area contributed by atoms with Crippen molar-refractivity contribution >= 4 is 51.0 Å². The number of methoxy groups -OCH3 is 1. The van der Waals surface area contributed by atoms with Crippen LogP contribution >= 0.6 is 23.4 Å². The van der Waals surface area contributed by atoms with Gasteiger partial charge in [-0.05, 0) is 31.2 Å². The van der Waals surface area contributed by atoms with E-state index < -0.39 is 0 Å². The molecule has 0 saturated heterocycles. The minimum atomic E-state index is -0.174. The van der Waals surface area contributed by atoms with E-state index in [0.29, 0.717) is 39.8 Å². The number of hydrogen-bond acceptors (Lipinski definition) is 5. The highest BCUT2D eigenvalue weighted by atomic mass is 35.5. The zero-order chi connectivity index (χ0) is 21.3. The predicted molar refractivity (Wildman–Crippen MR) is 121 cm³/mol. The first-order valence-electron chi connectivity index (χ1n) is 9.42. The number of rotatable bonds is 7. The van der Waals surface area contributed by atoms with E-state index >= 15 is 0 Å². The van der Waals surface area contributed by atoms with Crippen molar-refractivity contribution in [1.29, 1.82) is 0 Å². The Hall–Kier alpha value is -2.61. The van der Waals surface area contributed by atoms with Gasteiger partial charge in [0.1, 0.15) is 0 Å². The van der Waals surface area contributed by atoms with E-state index in [9.17, 15) is 9.59 Å². The number of fused-ring (bicyclic) bond motifs is 2. The Balaban J connectivity index is 1.69. The van der Waals surface area contributed by atoms with Gasteiger partial charge in [-0.15, -0.1) is 0 Å². The fourth-order valence-electron chi connectivity index (χ4n) is 3.50. The van der Waals surface area contributed by atoms with E-state index in [0.717, 1.165) is 16.6 Å². The summed E-state index contributed by atoms with van der Waals surface area (Å²) in [5, 5.41) is 2.36. The van der Waals surface area contributed by atoms with Crippen LogP contribution in [0.2, 0.25) is 5.02 Å². The van der Waals surface area contributed by atoms with Crippen molar-refractivity contribution in [2.24, 2.45) is 0 Å². The lowest BCUT2D eigenvalue weighted by molar-refractivity contribution is 0.102. The van der Waals surface area contributed by atoms with Crippen LogP contribution in [0.4, 0.5) is 0 Å². The second-order valence-electron chi connectivity index (χ2n) is 6.89. The fourth-order valence-corrected chi connectivity index (χ4v) is 4.57. The highest BCUT2D eigenvalue weighted by molar-refractivity contribution is 7.99. The third kappa shape index (κ3) is 3.88. The molecule has 30 heavy (non-hydrogen) atoms. The molecule has 0 atom stereocenters. The van der Waals surface area contributed by atoms with E-state index in [1.54, 1.807) is 29.9 Å². The summed E-state index contributed by atoms with van der Waals surface area (Å²) in [5.41, 5.74) is 2.77. The summed E-state index contributed by atoms with van der Waals surface area (Å²) in [6.07, 6.45) is 0. The molecule has 0 aliphatic carbocycles. The first-order chi connectivity index (χ1) is 14.5. The van der Waals surface area contributed by atoms with Gasteiger partial charge in [-0.3, -0.25) is 14.2 Å². The normalized spacial score (nSPS) is 11.4. The van der Waals surface area contributed by atoms with Crippen molar-refractivity contribution in [3.63, 3.8) is 0 Å². The largest absolute Gasteiger partial charge is 0.383 e. The van der Waals surface area contributed by atoms with Gasteiger partial charge in [-0.1, -0.05) is 41.6 Å². The number of aromatic nitrogens is 3. The molecule has 0 amide bonds. The molecule has 0 aliphatic heterocycles. The Kier molecular flexibility index (Phi) is 5.94. The fraction of sp³-hybridized carbons (Fsp3) is 0.227. The van der Waals surface area contributed by atoms with E-state index in [-0.39, 0.29) is 17.1 Å². The molecule has 4 rings (SSSR count). The molecule has 2 aromatic carbocycles. The number of Topliss-reactive ketones (excluding diaryl/α,β-unsaturated/α-hetero) is 1. The topological polar surface area (TPSA) is 77.0 Å². The van der Waals surface area contributed by atoms with Crippen LogP contribution in [-0.2, 0) is 11.3 Å². The number of carbonyl (C=O) groups excluding carboxylic acids is 1. The molecule has 4 aromatic rings. The number of benzene rings is 2. The number of H-pyrrole nitrogens is 1. The number of hydrogen-bond donors (Lipinski definition) is 1. The van der Waals surface area contributed by atoms with Crippen molar-refractivity contribution in [2.45, 2.75) is 18.6 Å². The Morgan fingerprint density at radius 3 is 2.83 bits per heavy atom. The summed E-state index contributed by atoms with van der Waals surface area (Å²) < 4.78 is 6.70. The lowest BCUT2D eigenvalue weighted by atomic mass is 10.1. The Morgan fingerprint density at radius 1 is 1.23 bits per heavy atom. The molecule has 2 heterocycles. The maximum Gasteiger partial charge on any atom is 0.262 e. The zero-order valence-corrected chi connectivity index (χ0v) is 18.1. The molecule has 6 nitrogen and oxygen atoms in total. The summed E-state index contributed by atoms with van der Waals surface area (Å²) in [4.78, 5) is 33.9. The molecule has 0 aliphatic rings. The molecule has 154 valence electrons. The maximum atomic E-state index is 13.0. The molecular formula is C22H20ClN3O3S. The summed E-state index contributed by atoms with van der Waals surface area (Å²) >= 11 is 7.33. The lowest BCUT2D eigenvalue weighted by Crippen LogP contribution is -2.25. The van der Waals surface area contributed by atoms with Crippen LogP contribution in [0.1, 0.15) is 16.1 Å². The first kappa shape index (κ1) is 20.7. The quantitative estimate of drug-likeness (QED) is 0.260. The van der Waals surface area contributed by atoms with Crippen LogP contribution in [0.25, 0.3) is 21.8 Å². The third-order valence-electron chi connectivity index (χ3n) is 4.91. The van der Waals surface area contributed by atoms with Crippen LogP contribution in [0.3, 0.4) is 0 Å². The Labute approximate surface area is 182 Å². The number of ether oxygens (including phenoxy) is 1. The monoisotopic (exact) mass is 441 g/mol. The van der Waals surface area contributed by atoms with Gasteiger partial charge in [0.15, 0.2) is 10.9 Å². The van der Waals surface area contributed by atoms with Crippen LogP contribution in [0, 0.1) is 6.92 Å². The molecule has 8 heteroatoms. The van der Waals surface area contributed by atoms with Gasteiger partial charge in [0.2, 0.25) is 0 Å². The number of aromatic amines is 1. The molecule has 0 saturated carbocycles. The lowest BCUT2D eigenvalue weighted by Gasteiger charge is -2.12. The predicted octanol–water partition coefficient (Wildman–Crippen LogP) is 4.46. The van der Waals surface area contributed by atoms with Crippen LogP contribution in [0.5, 0.6) is 0 Å². The number of aryl methyl sites for hydroxylation is 1. The number of halogens is 1. The molecular weight excluding hydrogens is 422 g/mol. The Morgan fingerprint density at radius 2 is 2.03 bits per heavy atom. The second-order valence-corrected chi connectivity index (χ2v) is 8.27. The summed E-state index contributed by atoms with van der Waals surface area (Å²) in [5.74, 6) is 0.141. The minimum Gasteiger partial charge on any atom is -0.383 e. The van der Waals surface area contributed by atoms with E-state index in [2.05, 4.69) is 9.97 Å². The van der Waals surface area contributed by atoms with Crippen LogP contribution in [0.15, 0.2) is 52.4 Å². The van der Waals surface area contributed by atoms with Crippen molar-refractivity contribution in [2.75, 3.05) is 19.5 Å². The average molecular weight is 442 g/mol. The summed E-state index contributed by atoms with van der Waals surface area (Å²) in [7, 11) is 1.58. The minimum absolute atomic E-state index is 0.0197. The molecule has 0 radical (unpaired) electrons. The van der Waals surface area contributed by atoms with Gasteiger partial charge >= 0.3 is 0 Å². The van der Waals surface area contributed by atoms with Gasteiger partial charge in [0, 0.05) is 34.3 Å². The second kappa shape index (κ2) is 8.63. The zero-order valence-electron chi connectivity index (χ0n) is 16.6. The van der Waals surface area contributed by atoms with Crippen molar-refractivity contribution < 1.29 is 9.53 Å². The number of ketones is 1. The van der Waals surface area contributed by atoms with Crippen molar-refractivity contribution in [3.8, 4) is 0 Å². The number of para-hydroxylation sites is 1. The van der Waals surface area contributed by atoms with Gasteiger partial charge in [-0.25, -0.2) is 4.98 Å².